The smallest absolute Gasteiger partial charge is 0.307 e. The number of carbonyl (C=O) groups is 3. The number of rotatable bonds is 3. The standard InChI is InChI=1S/C17H18N2O5/c1-8-3-2-4-11(14(8)20)15(21)18-19-16(22)12-9-5-6-10(7-9)13(12)17(23)24/h2-6,9-10,12-13,20H,7H2,1H3,(H,18,21)(H,19,22)(H,23,24)/t9-,10-,12-,13-/m0/s1. The lowest BCUT2D eigenvalue weighted by Gasteiger charge is -2.23. The first-order chi connectivity index (χ1) is 11.4. The summed E-state index contributed by atoms with van der Waals surface area (Å²) in [5.41, 5.74) is 5.12. The van der Waals surface area contributed by atoms with E-state index in [0.29, 0.717) is 12.0 Å². The zero-order valence-electron chi connectivity index (χ0n) is 13.0. The molecule has 7 nitrogen and oxygen atoms in total. The first kappa shape index (κ1) is 16.0. The number of hydrogen-bond donors (Lipinski definition) is 4. The summed E-state index contributed by atoms with van der Waals surface area (Å²) in [4.78, 5) is 35.9. The second kappa shape index (κ2) is 5.99. The molecule has 1 fully saturated rings. The van der Waals surface area contributed by atoms with Crippen LogP contribution < -0.4 is 10.9 Å². The Morgan fingerprint density at radius 1 is 1.08 bits per heavy atom. The molecule has 0 radical (unpaired) electrons. The number of benzene rings is 1. The lowest BCUT2D eigenvalue weighted by atomic mass is 9.82. The highest BCUT2D eigenvalue weighted by Crippen LogP contribution is 2.48. The van der Waals surface area contributed by atoms with E-state index in [2.05, 4.69) is 10.9 Å². The number of amides is 2. The molecule has 3 rings (SSSR count). The lowest BCUT2D eigenvalue weighted by Crippen LogP contribution is -2.48. The Labute approximate surface area is 138 Å². The van der Waals surface area contributed by atoms with E-state index in [1.165, 1.54) is 6.07 Å². The SMILES string of the molecule is Cc1cccc(C(=O)NNC(=O)[C@@H]2[C@@H](C(=O)O)[C@H]3C=C[C@H]2C3)c1O. The predicted octanol–water partition coefficient (Wildman–Crippen LogP) is 0.985. The number of aromatic hydroxyl groups is 1. The first-order valence-electron chi connectivity index (χ1n) is 7.70. The van der Waals surface area contributed by atoms with Gasteiger partial charge in [0, 0.05) is 0 Å². The number of carboxylic acid groups (broad SMARTS) is 1. The maximum absolute atomic E-state index is 12.4. The normalized spacial score (nSPS) is 27.0. The molecule has 24 heavy (non-hydrogen) atoms. The van der Waals surface area contributed by atoms with Gasteiger partial charge in [-0.25, -0.2) is 0 Å². The molecule has 1 aromatic carbocycles. The molecule has 2 aliphatic rings. The molecular weight excluding hydrogens is 312 g/mol. The van der Waals surface area contributed by atoms with Crippen LogP contribution in [0.25, 0.3) is 0 Å². The Balaban J connectivity index is 1.67. The summed E-state index contributed by atoms with van der Waals surface area (Å²) in [6.45, 7) is 1.66. The summed E-state index contributed by atoms with van der Waals surface area (Å²) < 4.78 is 0. The number of carbonyl (C=O) groups excluding carboxylic acids is 2. The largest absolute Gasteiger partial charge is 0.507 e. The molecule has 0 heterocycles. The van der Waals surface area contributed by atoms with E-state index in [1.807, 2.05) is 12.2 Å². The fraction of sp³-hybridized carbons (Fsp3) is 0.353. The summed E-state index contributed by atoms with van der Waals surface area (Å²) in [7, 11) is 0. The molecule has 0 aliphatic heterocycles. The fourth-order valence-electron chi connectivity index (χ4n) is 3.63. The molecule has 4 N–H and O–H groups in total. The highest BCUT2D eigenvalue weighted by molar-refractivity contribution is 5.98. The summed E-state index contributed by atoms with van der Waals surface area (Å²) in [5.74, 6) is -4.09. The predicted molar refractivity (Wildman–Crippen MR) is 83.8 cm³/mol. The highest BCUT2D eigenvalue weighted by atomic mass is 16.4. The van der Waals surface area contributed by atoms with E-state index in [4.69, 9.17) is 0 Å². The molecule has 4 atom stereocenters. The topological polar surface area (TPSA) is 116 Å². The number of para-hydroxylation sites is 1. The van der Waals surface area contributed by atoms with Crippen molar-refractivity contribution in [2.45, 2.75) is 13.3 Å². The van der Waals surface area contributed by atoms with Gasteiger partial charge in [0.25, 0.3) is 5.91 Å². The number of hydrogen-bond acceptors (Lipinski definition) is 4. The van der Waals surface area contributed by atoms with Crippen LogP contribution in [0.5, 0.6) is 5.75 Å². The quantitative estimate of drug-likeness (QED) is 0.487. The molecule has 1 aromatic rings. The molecule has 2 bridgehead atoms. The third-order valence-electron chi connectivity index (χ3n) is 4.83. The van der Waals surface area contributed by atoms with E-state index in [9.17, 15) is 24.6 Å². The number of fused-ring (bicyclic) bond motifs is 2. The molecule has 7 heteroatoms. The van der Waals surface area contributed by atoms with Crippen molar-refractivity contribution in [1.29, 1.82) is 0 Å². The van der Waals surface area contributed by atoms with Crippen LogP contribution in [0.4, 0.5) is 0 Å². The van der Waals surface area contributed by atoms with Gasteiger partial charge in [-0.1, -0.05) is 24.3 Å². The van der Waals surface area contributed by atoms with Crippen molar-refractivity contribution in [2.24, 2.45) is 23.7 Å². The lowest BCUT2D eigenvalue weighted by molar-refractivity contribution is -0.148. The number of nitrogens with one attached hydrogen (secondary N) is 2. The van der Waals surface area contributed by atoms with Crippen molar-refractivity contribution in [3.05, 3.63) is 41.5 Å². The maximum atomic E-state index is 12.4. The number of phenols is 1. The van der Waals surface area contributed by atoms with E-state index in [0.717, 1.165) is 0 Å². The Hall–Kier alpha value is -2.83. The van der Waals surface area contributed by atoms with Gasteiger partial charge in [-0.05, 0) is 36.8 Å². The van der Waals surface area contributed by atoms with Crippen molar-refractivity contribution in [1.82, 2.24) is 10.9 Å². The van der Waals surface area contributed by atoms with Crippen molar-refractivity contribution < 1.29 is 24.6 Å². The molecule has 2 aliphatic carbocycles. The molecule has 0 spiro atoms. The van der Waals surface area contributed by atoms with E-state index in [-0.39, 0.29) is 23.1 Å². The number of allylic oxidation sites excluding steroid dienone is 2. The average Bonchev–Trinajstić information content (AvgIpc) is 3.15. The molecule has 2 amide bonds. The van der Waals surface area contributed by atoms with E-state index < -0.39 is 29.6 Å². The Morgan fingerprint density at radius 2 is 1.75 bits per heavy atom. The molecule has 1 saturated carbocycles. The van der Waals surface area contributed by atoms with Crippen molar-refractivity contribution >= 4 is 17.8 Å². The van der Waals surface area contributed by atoms with Crippen LogP contribution in [0.1, 0.15) is 22.3 Å². The molecule has 0 unspecified atom stereocenters. The molecular formula is C17H18N2O5. The number of hydrazine groups is 1. The van der Waals surface area contributed by atoms with Crippen LogP contribution in [0, 0.1) is 30.6 Å². The zero-order valence-corrected chi connectivity index (χ0v) is 13.0. The summed E-state index contributed by atoms with van der Waals surface area (Å²) in [6.07, 6.45) is 4.35. The Morgan fingerprint density at radius 3 is 2.42 bits per heavy atom. The second-order valence-corrected chi connectivity index (χ2v) is 6.25. The van der Waals surface area contributed by atoms with Gasteiger partial charge in [-0.2, -0.15) is 0 Å². The van der Waals surface area contributed by atoms with Crippen molar-refractivity contribution in [3.63, 3.8) is 0 Å². The van der Waals surface area contributed by atoms with Gasteiger partial charge >= 0.3 is 5.97 Å². The first-order valence-corrected chi connectivity index (χ1v) is 7.70. The van der Waals surface area contributed by atoms with Crippen LogP contribution >= 0.6 is 0 Å². The van der Waals surface area contributed by atoms with Gasteiger partial charge in [-0.3, -0.25) is 25.2 Å². The molecule has 126 valence electrons. The van der Waals surface area contributed by atoms with E-state index in [1.54, 1.807) is 19.1 Å². The van der Waals surface area contributed by atoms with Gasteiger partial charge in [0.05, 0.1) is 17.4 Å². The maximum Gasteiger partial charge on any atom is 0.307 e. The van der Waals surface area contributed by atoms with Crippen LogP contribution in [-0.2, 0) is 9.59 Å². The van der Waals surface area contributed by atoms with Gasteiger partial charge in [-0.15, -0.1) is 0 Å². The van der Waals surface area contributed by atoms with Gasteiger partial charge in [0.1, 0.15) is 5.75 Å². The number of carboxylic acids is 1. The van der Waals surface area contributed by atoms with Gasteiger partial charge < -0.3 is 10.2 Å². The fourth-order valence-corrected chi connectivity index (χ4v) is 3.63. The van der Waals surface area contributed by atoms with Crippen molar-refractivity contribution in [2.75, 3.05) is 0 Å². The molecule has 0 aromatic heterocycles. The summed E-state index contributed by atoms with van der Waals surface area (Å²) >= 11 is 0. The van der Waals surface area contributed by atoms with Crippen LogP contribution in [0.2, 0.25) is 0 Å². The van der Waals surface area contributed by atoms with Crippen LogP contribution in [0.15, 0.2) is 30.4 Å². The number of aliphatic carboxylic acids is 1. The summed E-state index contributed by atoms with van der Waals surface area (Å²) in [6, 6.07) is 4.71. The minimum absolute atomic E-state index is 0.0397. The highest BCUT2D eigenvalue weighted by Gasteiger charge is 2.51. The Kier molecular flexibility index (Phi) is 4.01. The molecule has 0 saturated heterocycles. The van der Waals surface area contributed by atoms with Crippen LogP contribution in [0.3, 0.4) is 0 Å². The monoisotopic (exact) mass is 330 g/mol. The minimum Gasteiger partial charge on any atom is -0.507 e. The Bertz CT molecular complexity index is 742. The second-order valence-electron chi connectivity index (χ2n) is 6.25. The zero-order chi connectivity index (χ0) is 17.4. The number of phenolic OH excluding ortho intramolecular Hbond substituents is 1. The average molecular weight is 330 g/mol. The van der Waals surface area contributed by atoms with Gasteiger partial charge in [0.2, 0.25) is 5.91 Å². The third-order valence-corrected chi connectivity index (χ3v) is 4.83. The summed E-state index contributed by atoms with van der Waals surface area (Å²) in [5, 5.41) is 19.2. The van der Waals surface area contributed by atoms with Crippen LogP contribution in [-0.4, -0.2) is 28.0 Å². The minimum atomic E-state index is -1.00. The van der Waals surface area contributed by atoms with Gasteiger partial charge in [0.15, 0.2) is 0 Å². The third kappa shape index (κ3) is 2.62. The van der Waals surface area contributed by atoms with Crippen molar-refractivity contribution in [3.8, 4) is 5.75 Å². The number of aryl methyl sites for hydroxylation is 1. The van der Waals surface area contributed by atoms with E-state index >= 15 is 0 Å².